The van der Waals surface area contributed by atoms with Crippen molar-refractivity contribution in [3.63, 3.8) is 0 Å². The van der Waals surface area contributed by atoms with Gasteiger partial charge in [-0.25, -0.2) is 0 Å². The molecule has 1 atom stereocenters. The number of hydrogen-bond donors (Lipinski definition) is 1. The molecule has 0 aliphatic carbocycles. The molecule has 18 heavy (non-hydrogen) atoms. The van der Waals surface area contributed by atoms with Gasteiger partial charge in [0.1, 0.15) is 0 Å². The third-order valence-corrected chi connectivity index (χ3v) is 3.66. The van der Waals surface area contributed by atoms with Crippen molar-refractivity contribution in [2.45, 2.75) is 6.42 Å². The van der Waals surface area contributed by atoms with Crippen molar-refractivity contribution in [3.8, 4) is 0 Å². The number of benzene rings is 1. The summed E-state index contributed by atoms with van der Waals surface area (Å²) in [5.74, 6) is 0.365. The van der Waals surface area contributed by atoms with E-state index in [9.17, 15) is 4.79 Å². The number of rotatable bonds is 3. The molecule has 1 heterocycles. The lowest BCUT2D eigenvalue weighted by Crippen LogP contribution is -2.29. The minimum atomic E-state index is -0.0501. The first-order chi connectivity index (χ1) is 8.63. The molecule has 2 rings (SSSR count). The largest absolute Gasteiger partial charge is 0.398 e. The fourth-order valence-electron chi connectivity index (χ4n) is 2.27. The first-order valence-corrected chi connectivity index (χ1v) is 6.33. The average molecular weight is 269 g/mol. The lowest BCUT2D eigenvalue weighted by molar-refractivity contribution is 0.0775. The molecule has 4 nitrogen and oxygen atoms in total. The Hall–Kier alpha value is -1.26. The summed E-state index contributed by atoms with van der Waals surface area (Å²) in [6, 6.07) is 5.15. The summed E-state index contributed by atoms with van der Waals surface area (Å²) >= 11 is 6.07. The van der Waals surface area contributed by atoms with Crippen LogP contribution in [0.1, 0.15) is 16.8 Å². The molecular formula is C13H17ClN2O2. The number of halogens is 1. The normalized spacial score (nSPS) is 19.2. The van der Waals surface area contributed by atoms with E-state index in [4.69, 9.17) is 22.1 Å². The highest BCUT2D eigenvalue weighted by molar-refractivity contribution is 6.36. The Kier molecular flexibility index (Phi) is 4.09. The highest BCUT2D eigenvalue weighted by atomic mass is 35.5. The summed E-state index contributed by atoms with van der Waals surface area (Å²) in [6.07, 6.45) is 0.972. The number of anilines is 1. The minimum Gasteiger partial charge on any atom is -0.398 e. The van der Waals surface area contributed by atoms with Gasteiger partial charge in [0.2, 0.25) is 0 Å². The third kappa shape index (κ3) is 2.60. The molecule has 0 radical (unpaired) electrons. The van der Waals surface area contributed by atoms with Crippen LogP contribution in [0.4, 0.5) is 5.69 Å². The Morgan fingerprint density at radius 3 is 3.11 bits per heavy atom. The van der Waals surface area contributed by atoms with E-state index >= 15 is 0 Å². The molecule has 1 amide bonds. The monoisotopic (exact) mass is 268 g/mol. The van der Waals surface area contributed by atoms with E-state index < -0.39 is 0 Å². The molecule has 1 fully saturated rings. The average Bonchev–Trinajstić information content (AvgIpc) is 2.81. The van der Waals surface area contributed by atoms with Gasteiger partial charge >= 0.3 is 0 Å². The van der Waals surface area contributed by atoms with Crippen molar-refractivity contribution in [2.75, 3.05) is 32.5 Å². The predicted octanol–water partition coefficient (Wildman–Crippen LogP) is 2.03. The van der Waals surface area contributed by atoms with Gasteiger partial charge in [0.15, 0.2) is 0 Å². The zero-order valence-corrected chi connectivity index (χ0v) is 11.1. The second kappa shape index (κ2) is 5.59. The van der Waals surface area contributed by atoms with Crippen LogP contribution in [-0.2, 0) is 4.74 Å². The van der Waals surface area contributed by atoms with Crippen LogP contribution >= 0.6 is 11.6 Å². The van der Waals surface area contributed by atoms with Gasteiger partial charge in [-0.05, 0) is 18.6 Å². The summed E-state index contributed by atoms with van der Waals surface area (Å²) < 4.78 is 5.12. The molecular weight excluding hydrogens is 252 g/mol. The molecule has 1 aliphatic rings. The number of carbonyl (C=O) groups is 1. The van der Waals surface area contributed by atoms with E-state index in [1.165, 1.54) is 0 Å². The fourth-order valence-corrected chi connectivity index (χ4v) is 2.48. The van der Waals surface area contributed by atoms with Gasteiger partial charge in [-0.15, -0.1) is 0 Å². The molecule has 0 spiro atoms. The van der Waals surface area contributed by atoms with Crippen LogP contribution in [0.5, 0.6) is 0 Å². The predicted molar refractivity (Wildman–Crippen MR) is 71.8 cm³/mol. The number of likely N-dealkylation sites (tertiary alicyclic amines) is 1. The van der Waals surface area contributed by atoms with Crippen LogP contribution in [0.25, 0.3) is 0 Å². The number of nitrogens with zero attached hydrogens (tertiary/aromatic N) is 1. The Balaban J connectivity index is 2.11. The fraction of sp³-hybridized carbons (Fsp3) is 0.462. The molecule has 1 unspecified atom stereocenters. The van der Waals surface area contributed by atoms with Crippen LogP contribution in [0.3, 0.4) is 0 Å². The van der Waals surface area contributed by atoms with Crippen molar-refractivity contribution in [1.82, 2.24) is 4.90 Å². The maximum atomic E-state index is 12.3. The second-order valence-corrected chi connectivity index (χ2v) is 4.95. The molecule has 0 aromatic heterocycles. The van der Waals surface area contributed by atoms with Gasteiger partial charge in [-0.2, -0.15) is 0 Å². The molecule has 0 bridgehead atoms. The van der Waals surface area contributed by atoms with Crippen molar-refractivity contribution in [1.29, 1.82) is 0 Å². The van der Waals surface area contributed by atoms with Crippen molar-refractivity contribution in [3.05, 3.63) is 28.8 Å². The van der Waals surface area contributed by atoms with Gasteiger partial charge in [0.25, 0.3) is 5.91 Å². The van der Waals surface area contributed by atoms with Crippen molar-refractivity contribution in [2.24, 2.45) is 5.92 Å². The number of nitrogen functional groups attached to an aromatic ring is 1. The molecule has 1 aromatic carbocycles. The van der Waals surface area contributed by atoms with E-state index in [0.717, 1.165) is 19.5 Å². The van der Waals surface area contributed by atoms with E-state index in [0.29, 0.717) is 28.8 Å². The lowest BCUT2D eigenvalue weighted by atomic mass is 10.1. The highest BCUT2D eigenvalue weighted by Crippen LogP contribution is 2.26. The standard InChI is InChI=1S/C13H17ClN2O2/c1-18-8-9-5-6-16(7-9)13(17)10-3-2-4-11(15)12(10)14/h2-4,9H,5-8,15H2,1H3. The van der Waals surface area contributed by atoms with E-state index in [2.05, 4.69) is 0 Å². The Morgan fingerprint density at radius 1 is 1.61 bits per heavy atom. The van der Waals surface area contributed by atoms with Crippen LogP contribution in [0, 0.1) is 5.92 Å². The minimum absolute atomic E-state index is 0.0501. The summed E-state index contributed by atoms with van der Waals surface area (Å²) in [4.78, 5) is 14.1. The molecule has 1 aliphatic heterocycles. The summed E-state index contributed by atoms with van der Waals surface area (Å²) in [7, 11) is 1.68. The van der Waals surface area contributed by atoms with E-state index in [-0.39, 0.29) is 5.91 Å². The molecule has 0 saturated carbocycles. The zero-order chi connectivity index (χ0) is 13.1. The third-order valence-electron chi connectivity index (χ3n) is 3.23. The van der Waals surface area contributed by atoms with Gasteiger partial charge in [-0.1, -0.05) is 17.7 Å². The van der Waals surface area contributed by atoms with Gasteiger partial charge in [0, 0.05) is 26.1 Å². The van der Waals surface area contributed by atoms with Gasteiger partial charge < -0.3 is 15.4 Å². The SMILES string of the molecule is COCC1CCN(C(=O)c2cccc(N)c2Cl)C1. The molecule has 1 saturated heterocycles. The summed E-state index contributed by atoms with van der Waals surface area (Å²) in [5, 5.41) is 0.345. The smallest absolute Gasteiger partial charge is 0.255 e. The number of nitrogens with two attached hydrogens (primary N) is 1. The van der Waals surface area contributed by atoms with E-state index in [1.807, 2.05) is 4.90 Å². The van der Waals surface area contributed by atoms with Crippen LogP contribution in [-0.4, -0.2) is 37.6 Å². The molecule has 2 N–H and O–H groups in total. The first-order valence-electron chi connectivity index (χ1n) is 5.95. The summed E-state index contributed by atoms with van der Waals surface area (Å²) in [6.45, 7) is 2.16. The Bertz CT molecular complexity index is 451. The van der Waals surface area contributed by atoms with E-state index in [1.54, 1.807) is 25.3 Å². The van der Waals surface area contributed by atoms with Crippen molar-refractivity contribution < 1.29 is 9.53 Å². The number of hydrogen-bond acceptors (Lipinski definition) is 3. The van der Waals surface area contributed by atoms with Crippen LogP contribution in [0.2, 0.25) is 5.02 Å². The second-order valence-electron chi connectivity index (χ2n) is 4.57. The van der Waals surface area contributed by atoms with Crippen molar-refractivity contribution >= 4 is 23.2 Å². The zero-order valence-electron chi connectivity index (χ0n) is 10.4. The Morgan fingerprint density at radius 2 is 2.39 bits per heavy atom. The first kappa shape index (κ1) is 13.2. The van der Waals surface area contributed by atoms with Gasteiger partial charge in [0.05, 0.1) is 22.9 Å². The summed E-state index contributed by atoms with van der Waals surface area (Å²) in [5.41, 5.74) is 6.63. The Labute approximate surface area is 112 Å². The maximum Gasteiger partial charge on any atom is 0.255 e. The number of methoxy groups -OCH3 is 1. The molecule has 5 heteroatoms. The molecule has 98 valence electrons. The number of ether oxygens (including phenoxy) is 1. The topological polar surface area (TPSA) is 55.6 Å². The van der Waals surface area contributed by atoms with Gasteiger partial charge in [-0.3, -0.25) is 4.79 Å². The van der Waals surface area contributed by atoms with Crippen LogP contribution < -0.4 is 5.73 Å². The molecule has 1 aromatic rings. The van der Waals surface area contributed by atoms with Crippen LogP contribution in [0.15, 0.2) is 18.2 Å². The number of carbonyl (C=O) groups excluding carboxylic acids is 1. The lowest BCUT2D eigenvalue weighted by Gasteiger charge is -2.17. The highest BCUT2D eigenvalue weighted by Gasteiger charge is 2.28. The quantitative estimate of drug-likeness (QED) is 0.854. The maximum absolute atomic E-state index is 12.3. The number of amides is 1.